The molecule has 0 radical (unpaired) electrons. The fraction of sp³-hybridized carbons (Fsp3) is 0.649. The van der Waals surface area contributed by atoms with Gasteiger partial charge in [-0.15, -0.1) is 0 Å². The first-order valence-corrected chi connectivity index (χ1v) is 34.9. The molecule has 5 rings (SSSR count). The summed E-state index contributed by atoms with van der Waals surface area (Å²) in [6.07, 6.45) is 45.1. The fourth-order valence-electron chi connectivity index (χ4n) is 12.1. The Morgan fingerprint density at radius 2 is 0.765 bits per heavy atom. The SMILES string of the molecule is CCCCCCCCCCCCC=C[C@@H](O)[C@H](C[C@H]1O[C@H](COCc2ccccc2)[C@H](OCc2ccccc2)[C@H](OCc2ccccc2)[C@H]1OCc1ccccc1)NC(=O)CCCCCCCCCCCCCCCCCCCCCCCCC. The third kappa shape index (κ3) is 33.7. The largest absolute Gasteiger partial charge is 0.387 e. The summed E-state index contributed by atoms with van der Waals surface area (Å²) < 4.78 is 34.9. The molecule has 85 heavy (non-hydrogen) atoms. The molecule has 8 heteroatoms. The maximum Gasteiger partial charge on any atom is 0.220 e. The number of unbranched alkanes of at least 4 members (excludes halogenated alkanes) is 32. The van der Waals surface area contributed by atoms with Crippen LogP contribution in [0.4, 0.5) is 0 Å². The third-order valence-corrected chi connectivity index (χ3v) is 17.3. The summed E-state index contributed by atoms with van der Waals surface area (Å²) in [4.78, 5) is 14.1. The van der Waals surface area contributed by atoms with Gasteiger partial charge < -0.3 is 34.1 Å². The van der Waals surface area contributed by atoms with Crippen LogP contribution in [0.25, 0.3) is 0 Å². The third-order valence-electron chi connectivity index (χ3n) is 17.3. The van der Waals surface area contributed by atoms with E-state index in [1.807, 2.05) is 78.9 Å². The number of benzene rings is 4. The van der Waals surface area contributed by atoms with Crippen molar-refractivity contribution in [3.05, 3.63) is 156 Å². The molecule has 1 fully saturated rings. The lowest BCUT2D eigenvalue weighted by molar-refractivity contribution is -0.274. The first-order chi connectivity index (χ1) is 42.0. The van der Waals surface area contributed by atoms with Crippen LogP contribution in [0.2, 0.25) is 0 Å². The lowest BCUT2D eigenvalue weighted by atomic mass is 9.89. The van der Waals surface area contributed by atoms with E-state index < -0.39 is 42.7 Å². The van der Waals surface area contributed by atoms with E-state index in [-0.39, 0.29) is 12.5 Å². The van der Waals surface area contributed by atoms with Crippen molar-refractivity contribution in [1.29, 1.82) is 0 Å². The summed E-state index contributed by atoms with van der Waals surface area (Å²) in [5, 5.41) is 15.6. The van der Waals surface area contributed by atoms with Gasteiger partial charge in [0.1, 0.15) is 24.4 Å². The van der Waals surface area contributed by atoms with Gasteiger partial charge in [0.2, 0.25) is 5.91 Å². The number of hydrogen-bond acceptors (Lipinski definition) is 7. The minimum absolute atomic E-state index is 0.0445. The molecule has 1 heterocycles. The van der Waals surface area contributed by atoms with Crippen LogP contribution < -0.4 is 5.32 Å². The number of carbonyl (C=O) groups is 1. The van der Waals surface area contributed by atoms with E-state index in [9.17, 15) is 9.90 Å². The average Bonchev–Trinajstić information content (AvgIpc) is 3.42. The van der Waals surface area contributed by atoms with Crippen molar-refractivity contribution < 1.29 is 33.6 Å². The van der Waals surface area contributed by atoms with E-state index in [4.69, 9.17) is 23.7 Å². The van der Waals surface area contributed by atoms with Gasteiger partial charge in [-0.2, -0.15) is 0 Å². The van der Waals surface area contributed by atoms with E-state index in [0.29, 0.717) is 39.3 Å². The second-order valence-corrected chi connectivity index (χ2v) is 24.8. The van der Waals surface area contributed by atoms with Crippen LogP contribution in [0.3, 0.4) is 0 Å². The molecule has 0 aromatic heterocycles. The highest BCUT2D eigenvalue weighted by Gasteiger charge is 2.49. The van der Waals surface area contributed by atoms with Gasteiger partial charge in [-0.3, -0.25) is 4.79 Å². The standard InChI is InChI=1S/C77H119NO7/c1-3-5-7-9-11-13-15-17-18-19-20-21-22-23-24-25-26-27-29-31-33-35-49-59-74(80)78-70(71(79)58-48-34-32-30-28-16-14-12-10-8-6-4-2)60-72-75(82-62-67-52-42-37-43-53-67)77(84-64-69-56-46-39-47-57-69)76(83-63-68-54-44-38-45-55-68)73(85-72)65-81-61-66-50-40-36-41-51-66/h36-48,50-58,70-73,75-77,79H,3-35,49,59-65H2,1-2H3,(H,78,80)/t70-,71+,72+,73+,75-,76-,77+/m0/s1. The van der Waals surface area contributed by atoms with Crippen molar-refractivity contribution in [2.24, 2.45) is 0 Å². The Hall–Kier alpha value is -4.15. The average molecular weight is 1170 g/mol. The molecular formula is C77H119NO7. The molecule has 1 aliphatic heterocycles. The zero-order valence-electron chi connectivity index (χ0n) is 53.6. The highest BCUT2D eigenvalue weighted by molar-refractivity contribution is 5.76. The van der Waals surface area contributed by atoms with Gasteiger partial charge in [0.25, 0.3) is 0 Å². The first kappa shape index (κ1) is 71.6. The van der Waals surface area contributed by atoms with Crippen molar-refractivity contribution in [1.82, 2.24) is 5.32 Å². The molecule has 7 atom stereocenters. The molecular weight excluding hydrogens is 1050 g/mol. The normalized spacial score (nSPS) is 17.8. The van der Waals surface area contributed by atoms with Gasteiger partial charge >= 0.3 is 0 Å². The summed E-state index contributed by atoms with van der Waals surface area (Å²) in [7, 11) is 0. The van der Waals surface area contributed by atoms with E-state index in [1.54, 1.807) is 0 Å². The predicted octanol–water partition coefficient (Wildman–Crippen LogP) is 20.2. The van der Waals surface area contributed by atoms with Crippen LogP contribution in [0.5, 0.6) is 0 Å². The van der Waals surface area contributed by atoms with Crippen LogP contribution in [0.15, 0.2) is 133 Å². The van der Waals surface area contributed by atoms with Gasteiger partial charge in [-0.05, 0) is 47.9 Å². The van der Waals surface area contributed by atoms with Crippen molar-refractivity contribution in [2.45, 2.75) is 314 Å². The monoisotopic (exact) mass is 1170 g/mol. The Morgan fingerprint density at radius 3 is 1.15 bits per heavy atom. The minimum atomic E-state index is -0.941. The summed E-state index contributed by atoms with van der Waals surface area (Å²) >= 11 is 0. The van der Waals surface area contributed by atoms with Gasteiger partial charge in [-0.1, -0.05) is 346 Å². The summed E-state index contributed by atoms with van der Waals surface area (Å²) in [6, 6.07) is 40.1. The lowest BCUT2D eigenvalue weighted by Crippen LogP contribution is -2.62. The smallest absolute Gasteiger partial charge is 0.220 e. The summed E-state index contributed by atoms with van der Waals surface area (Å²) in [6.45, 7) is 6.19. The highest BCUT2D eigenvalue weighted by Crippen LogP contribution is 2.34. The van der Waals surface area contributed by atoms with Crippen molar-refractivity contribution in [2.75, 3.05) is 6.61 Å². The molecule has 0 unspecified atom stereocenters. The van der Waals surface area contributed by atoms with Crippen LogP contribution in [-0.2, 0) is 54.9 Å². The topological polar surface area (TPSA) is 95.5 Å². The van der Waals surface area contributed by atoms with Gasteiger partial charge in [0, 0.05) is 6.42 Å². The van der Waals surface area contributed by atoms with Crippen molar-refractivity contribution >= 4 is 5.91 Å². The molecule has 474 valence electrons. The Balaban J connectivity index is 1.20. The lowest BCUT2D eigenvalue weighted by Gasteiger charge is -2.47. The number of rotatable bonds is 53. The number of hydrogen-bond donors (Lipinski definition) is 2. The number of allylic oxidation sites excluding steroid dienone is 1. The van der Waals surface area contributed by atoms with E-state index in [2.05, 4.69) is 73.8 Å². The quantitative estimate of drug-likeness (QED) is 0.0336. The van der Waals surface area contributed by atoms with Crippen molar-refractivity contribution in [3.63, 3.8) is 0 Å². The van der Waals surface area contributed by atoms with Crippen LogP contribution in [-0.4, -0.2) is 60.3 Å². The zero-order chi connectivity index (χ0) is 59.7. The Kier molecular flexibility index (Phi) is 41.1. The van der Waals surface area contributed by atoms with Crippen LogP contribution in [0, 0.1) is 0 Å². The maximum absolute atomic E-state index is 14.1. The molecule has 4 aromatic rings. The van der Waals surface area contributed by atoms with E-state index in [1.165, 1.54) is 186 Å². The number of carbonyl (C=O) groups excluding carboxylic acids is 1. The molecule has 0 bridgehead atoms. The predicted molar refractivity (Wildman–Crippen MR) is 354 cm³/mol. The number of aliphatic hydroxyl groups excluding tert-OH is 1. The molecule has 0 saturated carbocycles. The minimum Gasteiger partial charge on any atom is -0.387 e. The maximum atomic E-state index is 14.1. The molecule has 0 aliphatic carbocycles. The Morgan fingerprint density at radius 1 is 0.435 bits per heavy atom. The van der Waals surface area contributed by atoms with E-state index in [0.717, 1.165) is 54.4 Å². The summed E-state index contributed by atoms with van der Waals surface area (Å²) in [5.74, 6) is -0.0445. The molecule has 4 aromatic carbocycles. The molecule has 8 nitrogen and oxygen atoms in total. The second-order valence-electron chi connectivity index (χ2n) is 24.8. The zero-order valence-corrected chi connectivity index (χ0v) is 53.6. The highest BCUT2D eigenvalue weighted by atomic mass is 16.6. The second kappa shape index (κ2) is 48.8. The Bertz CT molecular complexity index is 2160. The number of aliphatic hydroxyl groups is 1. The first-order valence-electron chi connectivity index (χ1n) is 34.9. The number of ether oxygens (including phenoxy) is 5. The van der Waals surface area contributed by atoms with Crippen molar-refractivity contribution in [3.8, 4) is 0 Å². The number of nitrogens with one attached hydrogen (secondary N) is 1. The van der Waals surface area contributed by atoms with Crippen LogP contribution >= 0.6 is 0 Å². The fourth-order valence-corrected chi connectivity index (χ4v) is 12.1. The van der Waals surface area contributed by atoms with Gasteiger partial charge in [0.15, 0.2) is 0 Å². The summed E-state index contributed by atoms with van der Waals surface area (Å²) in [5.41, 5.74) is 4.15. The Labute approximate surface area is 518 Å². The van der Waals surface area contributed by atoms with Gasteiger partial charge in [0.05, 0.1) is 51.3 Å². The van der Waals surface area contributed by atoms with Crippen LogP contribution in [0.1, 0.15) is 267 Å². The molecule has 1 amide bonds. The number of amides is 1. The molecule has 0 spiro atoms. The molecule has 2 N–H and O–H groups in total. The van der Waals surface area contributed by atoms with Gasteiger partial charge in [-0.25, -0.2) is 0 Å². The van der Waals surface area contributed by atoms with E-state index >= 15 is 0 Å². The molecule has 1 saturated heterocycles. The molecule has 1 aliphatic rings.